The number of hydrogen-bond donors (Lipinski definition) is 2. The summed E-state index contributed by atoms with van der Waals surface area (Å²) in [4.78, 5) is 0. The molecule has 0 unspecified atom stereocenters. The van der Waals surface area contributed by atoms with Crippen LogP contribution in [0.1, 0.15) is 31.2 Å². The molecule has 2 rings (SSSR count). The Balaban J connectivity index is 1.91. The Bertz CT molecular complexity index is 486. The third kappa shape index (κ3) is 3.56. The van der Waals surface area contributed by atoms with E-state index in [1.165, 1.54) is 29.2 Å². The third-order valence-corrected chi connectivity index (χ3v) is 3.36. The van der Waals surface area contributed by atoms with Gasteiger partial charge in [0.2, 0.25) is 0 Å². The standard InChI is InChI=1S/C16H22N2/c17-16(18)12-3-1-2-7-13-9-6-10-14-8-4-5-11-15(13)14/h4-6,8-11,16H,1-3,7,12,17-18H2. The molecule has 0 fully saturated rings. The number of hydrogen-bond acceptors (Lipinski definition) is 2. The molecule has 0 aliphatic rings. The van der Waals surface area contributed by atoms with E-state index in [1.807, 2.05) is 0 Å². The van der Waals surface area contributed by atoms with E-state index in [0.717, 1.165) is 19.3 Å². The highest BCUT2D eigenvalue weighted by atomic mass is 14.8. The smallest absolute Gasteiger partial charge is 0.0520 e. The van der Waals surface area contributed by atoms with Crippen LogP contribution in [0.5, 0.6) is 0 Å². The second kappa shape index (κ2) is 6.53. The van der Waals surface area contributed by atoms with Crippen LogP contribution >= 0.6 is 0 Å². The van der Waals surface area contributed by atoms with E-state index in [-0.39, 0.29) is 6.17 Å². The molecule has 0 aliphatic carbocycles. The van der Waals surface area contributed by atoms with Crippen LogP contribution in [0.15, 0.2) is 42.5 Å². The molecule has 0 aromatic heterocycles. The van der Waals surface area contributed by atoms with Gasteiger partial charge in [-0.05, 0) is 35.6 Å². The third-order valence-electron chi connectivity index (χ3n) is 3.36. The van der Waals surface area contributed by atoms with Gasteiger partial charge in [-0.3, -0.25) is 0 Å². The summed E-state index contributed by atoms with van der Waals surface area (Å²) in [5, 5.41) is 2.72. The van der Waals surface area contributed by atoms with E-state index < -0.39 is 0 Å². The predicted molar refractivity (Wildman–Crippen MR) is 78.3 cm³/mol. The Labute approximate surface area is 109 Å². The minimum absolute atomic E-state index is 0.150. The maximum atomic E-state index is 5.54. The fourth-order valence-corrected chi connectivity index (χ4v) is 2.38. The van der Waals surface area contributed by atoms with Crippen LogP contribution in [-0.4, -0.2) is 6.17 Å². The lowest BCUT2D eigenvalue weighted by molar-refractivity contribution is 0.565. The molecule has 0 amide bonds. The van der Waals surface area contributed by atoms with Crippen molar-refractivity contribution in [2.75, 3.05) is 0 Å². The normalized spacial score (nSPS) is 11.3. The van der Waals surface area contributed by atoms with Crippen molar-refractivity contribution in [2.24, 2.45) is 11.5 Å². The molecule has 0 heterocycles. The van der Waals surface area contributed by atoms with Gasteiger partial charge in [-0.15, -0.1) is 0 Å². The van der Waals surface area contributed by atoms with E-state index in [4.69, 9.17) is 11.5 Å². The van der Waals surface area contributed by atoms with Crippen molar-refractivity contribution in [3.8, 4) is 0 Å². The summed E-state index contributed by atoms with van der Waals surface area (Å²) in [6.07, 6.45) is 5.45. The molecule has 0 aliphatic heterocycles. The summed E-state index contributed by atoms with van der Waals surface area (Å²) in [5.41, 5.74) is 12.5. The number of nitrogens with two attached hydrogens (primary N) is 2. The molecule has 0 spiro atoms. The first-order valence-corrected chi connectivity index (χ1v) is 6.75. The molecule has 0 saturated heterocycles. The van der Waals surface area contributed by atoms with Crippen LogP contribution < -0.4 is 11.5 Å². The van der Waals surface area contributed by atoms with Crippen molar-refractivity contribution in [1.29, 1.82) is 0 Å². The average molecular weight is 242 g/mol. The molecule has 2 aromatic rings. The number of aryl methyl sites for hydroxylation is 1. The topological polar surface area (TPSA) is 52.0 Å². The maximum absolute atomic E-state index is 5.54. The van der Waals surface area contributed by atoms with Crippen LogP contribution in [0.2, 0.25) is 0 Å². The summed E-state index contributed by atoms with van der Waals surface area (Å²) in [6, 6.07) is 15.1. The van der Waals surface area contributed by atoms with Crippen LogP contribution in [0.3, 0.4) is 0 Å². The van der Waals surface area contributed by atoms with E-state index >= 15 is 0 Å². The van der Waals surface area contributed by atoms with E-state index in [0.29, 0.717) is 0 Å². The van der Waals surface area contributed by atoms with Crippen molar-refractivity contribution in [3.63, 3.8) is 0 Å². The van der Waals surface area contributed by atoms with Gasteiger partial charge in [0.15, 0.2) is 0 Å². The molecule has 4 N–H and O–H groups in total. The number of fused-ring (bicyclic) bond motifs is 1. The van der Waals surface area contributed by atoms with Crippen LogP contribution in [0.25, 0.3) is 10.8 Å². The molecular formula is C16H22N2. The monoisotopic (exact) mass is 242 g/mol. The number of benzene rings is 2. The second-order valence-electron chi connectivity index (χ2n) is 4.90. The molecule has 2 heteroatoms. The van der Waals surface area contributed by atoms with Gasteiger partial charge >= 0.3 is 0 Å². The molecule has 2 nitrogen and oxygen atoms in total. The van der Waals surface area contributed by atoms with Gasteiger partial charge in [-0.2, -0.15) is 0 Å². The summed E-state index contributed by atoms with van der Waals surface area (Å²) in [5.74, 6) is 0. The molecule has 0 bridgehead atoms. The second-order valence-corrected chi connectivity index (χ2v) is 4.90. The van der Waals surface area contributed by atoms with Crippen molar-refractivity contribution >= 4 is 10.8 Å². The van der Waals surface area contributed by atoms with Crippen LogP contribution in [0, 0.1) is 0 Å². The zero-order chi connectivity index (χ0) is 12.8. The molecule has 96 valence electrons. The van der Waals surface area contributed by atoms with Crippen molar-refractivity contribution in [2.45, 2.75) is 38.3 Å². The Morgan fingerprint density at radius 2 is 1.61 bits per heavy atom. The van der Waals surface area contributed by atoms with Crippen molar-refractivity contribution in [1.82, 2.24) is 0 Å². The minimum Gasteiger partial charge on any atom is -0.316 e. The lowest BCUT2D eigenvalue weighted by Gasteiger charge is -2.07. The zero-order valence-electron chi connectivity index (χ0n) is 10.8. The molecule has 0 radical (unpaired) electrons. The zero-order valence-corrected chi connectivity index (χ0v) is 10.8. The first kappa shape index (κ1) is 13.1. The van der Waals surface area contributed by atoms with Crippen LogP contribution in [0.4, 0.5) is 0 Å². The summed E-state index contributed by atoms with van der Waals surface area (Å²) >= 11 is 0. The first-order valence-electron chi connectivity index (χ1n) is 6.75. The Kier molecular flexibility index (Phi) is 4.73. The van der Waals surface area contributed by atoms with Gasteiger partial charge in [0, 0.05) is 0 Å². The summed E-state index contributed by atoms with van der Waals surface area (Å²) < 4.78 is 0. The highest BCUT2D eigenvalue weighted by Gasteiger charge is 2.00. The first-order chi connectivity index (χ1) is 8.77. The van der Waals surface area contributed by atoms with Gasteiger partial charge in [0.05, 0.1) is 6.17 Å². The number of unbranched alkanes of at least 4 members (excludes halogenated alkanes) is 2. The predicted octanol–water partition coefficient (Wildman–Crippen LogP) is 3.19. The van der Waals surface area contributed by atoms with Crippen molar-refractivity contribution in [3.05, 3.63) is 48.0 Å². The molecule has 18 heavy (non-hydrogen) atoms. The fraction of sp³-hybridized carbons (Fsp3) is 0.375. The lowest BCUT2D eigenvalue weighted by Crippen LogP contribution is -2.29. The SMILES string of the molecule is NC(N)CCCCCc1cccc2ccccc12. The molecule has 0 atom stereocenters. The molecular weight excluding hydrogens is 220 g/mol. The Hall–Kier alpha value is -1.38. The van der Waals surface area contributed by atoms with E-state index in [2.05, 4.69) is 42.5 Å². The highest BCUT2D eigenvalue weighted by Crippen LogP contribution is 2.20. The van der Waals surface area contributed by atoms with E-state index in [1.54, 1.807) is 0 Å². The quantitative estimate of drug-likeness (QED) is 0.604. The van der Waals surface area contributed by atoms with E-state index in [9.17, 15) is 0 Å². The Morgan fingerprint density at radius 3 is 2.44 bits per heavy atom. The van der Waals surface area contributed by atoms with Gasteiger partial charge in [0.25, 0.3) is 0 Å². The average Bonchev–Trinajstić information content (AvgIpc) is 2.38. The minimum atomic E-state index is -0.150. The maximum Gasteiger partial charge on any atom is 0.0520 e. The van der Waals surface area contributed by atoms with Gasteiger partial charge in [0.1, 0.15) is 0 Å². The summed E-state index contributed by atoms with van der Waals surface area (Å²) in [6.45, 7) is 0. The fourth-order valence-electron chi connectivity index (χ4n) is 2.38. The van der Waals surface area contributed by atoms with Crippen LogP contribution in [-0.2, 0) is 6.42 Å². The highest BCUT2D eigenvalue weighted by molar-refractivity contribution is 5.85. The van der Waals surface area contributed by atoms with Gasteiger partial charge in [-0.1, -0.05) is 55.3 Å². The number of rotatable bonds is 6. The van der Waals surface area contributed by atoms with Crippen molar-refractivity contribution < 1.29 is 0 Å². The van der Waals surface area contributed by atoms with Gasteiger partial charge in [-0.25, -0.2) is 0 Å². The Morgan fingerprint density at radius 1 is 0.833 bits per heavy atom. The molecule has 0 saturated carbocycles. The lowest BCUT2D eigenvalue weighted by atomic mass is 9.99. The van der Waals surface area contributed by atoms with Gasteiger partial charge < -0.3 is 11.5 Å². The molecule has 2 aromatic carbocycles. The summed E-state index contributed by atoms with van der Waals surface area (Å²) in [7, 11) is 0. The largest absolute Gasteiger partial charge is 0.316 e.